The van der Waals surface area contributed by atoms with Gasteiger partial charge in [-0.25, -0.2) is 0 Å². The van der Waals surface area contributed by atoms with Crippen molar-refractivity contribution >= 4 is 38.2 Å². The molecule has 4 atom stereocenters. The fraction of sp³-hybridized carbons (Fsp3) is 0.424. The SMILES string of the molecule is C[C@H]1[C@H](O[Si](C)(C)C(C)(C)C)[C@H](C)C(=O)O[C@H]1CCO[Si](c1ccccc1)(c1ccccc1)c1ccccc1. The van der Waals surface area contributed by atoms with Crippen LogP contribution in [0.4, 0.5) is 0 Å². The van der Waals surface area contributed by atoms with E-state index in [0.717, 1.165) is 0 Å². The molecule has 0 radical (unpaired) electrons. The Hall–Kier alpha value is -2.52. The summed E-state index contributed by atoms with van der Waals surface area (Å²) in [7, 11) is -4.87. The van der Waals surface area contributed by atoms with Gasteiger partial charge >= 0.3 is 5.97 Å². The number of hydrogen-bond acceptors (Lipinski definition) is 4. The number of hydrogen-bond donors (Lipinski definition) is 0. The zero-order chi connectivity index (χ0) is 28.3. The maximum atomic E-state index is 13.0. The third-order valence-electron chi connectivity index (χ3n) is 8.74. The number of cyclic esters (lactones) is 1. The first-order chi connectivity index (χ1) is 18.5. The number of ether oxygens (including phenoxy) is 1. The molecule has 1 heterocycles. The Bertz CT molecular complexity index is 1110. The lowest BCUT2D eigenvalue weighted by atomic mass is 9.85. The summed E-state index contributed by atoms with van der Waals surface area (Å²) in [6.45, 7) is 15.8. The molecule has 1 aliphatic heterocycles. The molecule has 6 heteroatoms. The van der Waals surface area contributed by atoms with Crippen molar-refractivity contribution in [1.82, 2.24) is 0 Å². The fourth-order valence-electron chi connectivity index (χ4n) is 5.31. The molecule has 3 aromatic carbocycles. The summed E-state index contributed by atoms with van der Waals surface area (Å²) in [6, 6.07) is 31.7. The van der Waals surface area contributed by atoms with Crippen LogP contribution in [0.25, 0.3) is 0 Å². The van der Waals surface area contributed by atoms with Crippen molar-refractivity contribution in [2.24, 2.45) is 11.8 Å². The summed E-state index contributed by atoms with van der Waals surface area (Å²) in [5.74, 6) is -0.367. The van der Waals surface area contributed by atoms with Crippen LogP contribution in [0.3, 0.4) is 0 Å². The van der Waals surface area contributed by atoms with Gasteiger partial charge in [-0.2, -0.15) is 0 Å². The van der Waals surface area contributed by atoms with Crippen molar-refractivity contribution in [3.8, 4) is 0 Å². The van der Waals surface area contributed by atoms with Gasteiger partial charge in [-0.15, -0.1) is 0 Å². The maximum absolute atomic E-state index is 13.0. The quantitative estimate of drug-likeness (QED) is 0.193. The average Bonchev–Trinajstić information content (AvgIpc) is 2.93. The Morgan fingerprint density at radius 2 is 1.21 bits per heavy atom. The molecule has 0 bridgehead atoms. The predicted molar refractivity (Wildman–Crippen MR) is 165 cm³/mol. The van der Waals surface area contributed by atoms with Crippen LogP contribution in [-0.2, 0) is 18.4 Å². The van der Waals surface area contributed by atoms with Crippen molar-refractivity contribution in [2.75, 3.05) is 6.61 Å². The number of esters is 1. The highest BCUT2D eigenvalue weighted by molar-refractivity contribution is 7.07. The molecule has 0 aromatic heterocycles. The highest BCUT2D eigenvalue weighted by Gasteiger charge is 2.48. The number of benzene rings is 3. The van der Waals surface area contributed by atoms with Crippen LogP contribution in [0.15, 0.2) is 91.0 Å². The van der Waals surface area contributed by atoms with Gasteiger partial charge in [0.25, 0.3) is 8.32 Å². The Kier molecular flexibility index (Phi) is 9.01. The molecule has 0 aliphatic carbocycles. The second-order valence-electron chi connectivity index (χ2n) is 12.4. The van der Waals surface area contributed by atoms with Crippen LogP contribution in [-0.4, -0.2) is 41.4 Å². The van der Waals surface area contributed by atoms with Gasteiger partial charge in [-0.05, 0) is 40.6 Å². The second kappa shape index (κ2) is 11.9. The molecular weight excluding hydrogens is 517 g/mol. The van der Waals surface area contributed by atoms with Crippen molar-refractivity contribution in [1.29, 1.82) is 0 Å². The standard InChI is InChI=1S/C33H44O4Si2/c1-25-30(36-32(34)26(2)31(25)37-38(6,7)33(3,4)5)23-24-35-39(27-17-11-8-12-18-27,28-19-13-9-14-20-28)29-21-15-10-16-22-29/h8-22,25-26,30-31H,23-24H2,1-7H3/t25-,26+,30+,31+/m1/s1. The normalized spacial score (nSPS) is 22.4. The number of rotatable bonds is 9. The van der Waals surface area contributed by atoms with E-state index in [1.165, 1.54) is 15.6 Å². The van der Waals surface area contributed by atoms with Crippen LogP contribution >= 0.6 is 0 Å². The van der Waals surface area contributed by atoms with Crippen LogP contribution < -0.4 is 15.6 Å². The van der Waals surface area contributed by atoms with Crippen LogP contribution in [0, 0.1) is 11.8 Å². The van der Waals surface area contributed by atoms with Gasteiger partial charge in [0, 0.05) is 18.9 Å². The van der Waals surface area contributed by atoms with E-state index >= 15 is 0 Å². The van der Waals surface area contributed by atoms with E-state index in [0.29, 0.717) is 13.0 Å². The summed E-state index contributed by atoms with van der Waals surface area (Å²) in [5.41, 5.74) is 0. The van der Waals surface area contributed by atoms with E-state index < -0.39 is 16.6 Å². The van der Waals surface area contributed by atoms with Gasteiger partial charge in [-0.3, -0.25) is 4.79 Å². The highest BCUT2D eigenvalue weighted by atomic mass is 28.4. The Balaban J connectivity index is 1.62. The predicted octanol–water partition coefficient (Wildman–Crippen LogP) is 5.65. The summed E-state index contributed by atoms with van der Waals surface area (Å²) in [6.07, 6.45) is 0.215. The molecule has 4 nitrogen and oxygen atoms in total. The molecule has 208 valence electrons. The van der Waals surface area contributed by atoms with Gasteiger partial charge in [0.15, 0.2) is 8.32 Å². The zero-order valence-corrected chi connectivity index (χ0v) is 26.5. The highest BCUT2D eigenvalue weighted by Crippen LogP contribution is 2.41. The smallest absolute Gasteiger partial charge is 0.311 e. The lowest BCUT2D eigenvalue weighted by Crippen LogP contribution is -2.69. The maximum Gasteiger partial charge on any atom is 0.311 e. The molecule has 0 saturated carbocycles. The van der Waals surface area contributed by atoms with E-state index in [9.17, 15) is 4.79 Å². The Labute approximate surface area is 237 Å². The Morgan fingerprint density at radius 3 is 1.62 bits per heavy atom. The first-order valence-electron chi connectivity index (χ1n) is 14.2. The second-order valence-corrected chi connectivity index (χ2v) is 20.5. The van der Waals surface area contributed by atoms with Crippen molar-refractivity contribution in [3.63, 3.8) is 0 Å². The van der Waals surface area contributed by atoms with Crippen LogP contribution in [0.5, 0.6) is 0 Å². The van der Waals surface area contributed by atoms with Gasteiger partial charge in [-0.1, -0.05) is 119 Å². The van der Waals surface area contributed by atoms with E-state index in [4.69, 9.17) is 13.6 Å². The molecule has 1 aliphatic rings. The van der Waals surface area contributed by atoms with E-state index in [1.54, 1.807) is 0 Å². The minimum Gasteiger partial charge on any atom is -0.462 e. The molecule has 1 fully saturated rings. The van der Waals surface area contributed by atoms with Crippen molar-refractivity contribution < 1.29 is 18.4 Å². The minimum absolute atomic E-state index is 0.0681. The summed E-state index contributed by atoms with van der Waals surface area (Å²) < 4.78 is 19.9. The van der Waals surface area contributed by atoms with Crippen molar-refractivity contribution in [3.05, 3.63) is 91.0 Å². The molecule has 0 N–H and O–H groups in total. The van der Waals surface area contributed by atoms with Gasteiger partial charge in [0.05, 0.1) is 12.0 Å². The lowest BCUT2D eigenvalue weighted by Gasteiger charge is -2.46. The minimum atomic E-state index is -2.81. The molecule has 4 rings (SSSR count). The fourth-order valence-corrected chi connectivity index (χ4v) is 10.7. The number of carbonyl (C=O) groups is 1. The van der Waals surface area contributed by atoms with Crippen molar-refractivity contribution in [2.45, 2.75) is 71.4 Å². The van der Waals surface area contributed by atoms with E-state index in [2.05, 4.69) is 114 Å². The lowest BCUT2D eigenvalue weighted by molar-refractivity contribution is -0.176. The average molecular weight is 561 g/mol. The molecule has 0 unspecified atom stereocenters. The first kappa shape index (κ1) is 29.5. The van der Waals surface area contributed by atoms with Gasteiger partial charge < -0.3 is 13.6 Å². The van der Waals surface area contributed by atoms with Crippen LogP contribution in [0.1, 0.15) is 41.0 Å². The first-order valence-corrected chi connectivity index (χ1v) is 19.0. The molecule has 1 saturated heterocycles. The molecule has 3 aromatic rings. The Morgan fingerprint density at radius 1 is 0.769 bits per heavy atom. The van der Waals surface area contributed by atoms with E-state index in [-0.39, 0.29) is 35.1 Å². The monoisotopic (exact) mass is 560 g/mol. The number of carbonyl (C=O) groups excluding carboxylic acids is 1. The summed E-state index contributed by atoms with van der Waals surface area (Å²) in [4.78, 5) is 13.0. The largest absolute Gasteiger partial charge is 0.462 e. The molecule has 39 heavy (non-hydrogen) atoms. The zero-order valence-electron chi connectivity index (χ0n) is 24.5. The molecular formula is C33H44O4Si2. The van der Waals surface area contributed by atoms with E-state index in [1.807, 2.05) is 25.1 Å². The molecule has 0 spiro atoms. The summed E-state index contributed by atoms with van der Waals surface area (Å²) >= 11 is 0. The third-order valence-corrected chi connectivity index (χ3v) is 17.3. The van der Waals surface area contributed by atoms with Gasteiger partial charge in [0.2, 0.25) is 0 Å². The van der Waals surface area contributed by atoms with Crippen LogP contribution in [0.2, 0.25) is 18.1 Å². The third kappa shape index (κ3) is 6.14. The van der Waals surface area contributed by atoms with Gasteiger partial charge in [0.1, 0.15) is 6.10 Å². The summed E-state index contributed by atoms with van der Waals surface area (Å²) in [5, 5.41) is 3.66. The topological polar surface area (TPSA) is 44.8 Å². The molecule has 0 amide bonds.